The number of esters is 1. The second-order valence-corrected chi connectivity index (χ2v) is 7.63. The average Bonchev–Trinajstić information content (AvgIpc) is 3.10. The van der Waals surface area contributed by atoms with Crippen LogP contribution in [0.2, 0.25) is 0 Å². The fourth-order valence-electron chi connectivity index (χ4n) is 3.56. The molecule has 24 heavy (non-hydrogen) atoms. The van der Waals surface area contributed by atoms with Gasteiger partial charge in [0.15, 0.2) is 0 Å². The number of rotatable bonds is 5. The van der Waals surface area contributed by atoms with Crippen LogP contribution in [0.3, 0.4) is 0 Å². The molecule has 1 aliphatic heterocycles. The Kier molecular flexibility index (Phi) is 5.89. The molecule has 2 heterocycles. The molecule has 3 rings (SSSR count). The summed E-state index contributed by atoms with van der Waals surface area (Å²) in [5.41, 5.74) is 1.71. The van der Waals surface area contributed by atoms with E-state index >= 15 is 0 Å². The highest BCUT2D eigenvalue weighted by atomic mass is 32.1. The number of fused-ring (bicyclic) bond motifs is 1. The molecule has 1 aliphatic carbocycles. The Morgan fingerprint density at radius 2 is 1.88 bits per heavy atom. The van der Waals surface area contributed by atoms with E-state index in [-0.39, 0.29) is 11.9 Å². The summed E-state index contributed by atoms with van der Waals surface area (Å²) in [5.74, 6) is -0.327. The van der Waals surface area contributed by atoms with E-state index in [1.54, 1.807) is 11.3 Å². The van der Waals surface area contributed by atoms with Gasteiger partial charge in [0.25, 0.3) is 0 Å². The molecule has 1 amide bonds. The van der Waals surface area contributed by atoms with Crippen LogP contribution in [-0.2, 0) is 22.4 Å². The van der Waals surface area contributed by atoms with E-state index in [0.29, 0.717) is 23.7 Å². The molecule has 0 atom stereocenters. The molecule has 6 heteroatoms. The molecule has 0 radical (unpaired) electrons. The van der Waals surface area contributed by atoms with Gasteiger partial charge in [-0.15, -0.1) is 11.3 Å². The highest BCUT2D eigenvalue weighted by molar-refractivity contribution is 7.17. The number of nitrogens with one attached hydrogen (secondary N) is 1. The monoisotopic (exact) mass is 350 g/mol. The van der Waals surface area contributed by atoms with Crippen molar-refractivity contribution < 1.29 is 14.3 Å². The first-order valence-electron chi connectivity index (χ1n) is 9.03. The summed E-state index contributed by atoms with van der Waals surface area (Å²) in [7, 11) is 0. The first kappa shape index (κ1) is 17.4. The summed E-state index contributed by atoms with van der Waals surface area (Å²) in [5, 5.41) is 3.68. The van der Waals surface area contributed by atoms with Crippen LogP contribution in [0.1, 0.15) is 59.8 Å². The fraction of sp³-hybridized carbons (Fsp3) is 0.667. The summed E-state index contributed by atoms with van der Waals surface area (Å²) in [4.78, 5) is 28.3. The maximum Gasteiger partial charge on any atom is 0.341 e. The molecule has 132 valence electrons. The zero-order chi connectivity index (χ0) is 16.9. The van der Waals surface area contributed by atoms with Gasteiger partial charge in [0.05, 0.1) is 18.7 Å². The van der Waals surface area contributed by atoms with Gasteiger partial charge in [-0.05, 0) is 64.1 Å². The van der Waals surface area contributed by atoms with Crippen LogP contribution in [-0.4, -0.2) is 43.0 Å². The lowest BCUT2D eigenvalue weighted by Gasteiger charge is -2.14. The minimum Gasteiger partial charge on any atom is -0.462 e. The topological polar surface area (TPSA) is 58.6 Å². The highest BCUT2D eigenvalue weighted by Crippen LogP contribution is 2.38. The first-order valence-corrected chi connectivity index (χ1v) is 9.84. The van der Waals surface area contributed by atoms with E-state index in [1.807, 2.05) is 6.92 Å². The predicted molar refractivity (Wildman–Crippen MR) is 95.8 cm³/mol. The Hall–Kier alpha value is -1.40. The van der Waals surface area contributed by atoms with Crippen molar-refractivity contribution in [3.05, 3.63) is 16.0 Å². The number of nitrogens with zero attached hydrogens (tertiary/aromatic N) is 1. The minimum absolute atomic E-state index is 0.0288. The van der Waals surface area contributed by atoms with Gasteiger partial charge in [-0.2, -0.15) is 0 Å². The van der Waals surface area contributed by atoms with E-state index in [0.717, 1.165) is 57.2 Å². The third-order valence-electron chi connectivity index (χ3n) is 4.72. The van der Waals surface area contributed by atoms with Crippen LogP contribution in [0.25, 0.3) is 0 Å². The lowest BCUT2D eigenvalue weighted by molar-refractivity contribution is -0.117. The van der Waals surface area contributed by atoms with Crippen molar-refractivity contribution >= 4 is 28.2 Å². The molecule has 1 fully saturated rings. The van der Waals surface area contributed by atoms with Gasteiger partial charge in [-0.3, -0.25) is 9.69 Å². The molecule has 0 unspecified atom stereocenters. The maximum atomic E-state index is 12.5. The normalized spacial score (nSPS) is 18.0. The van der Waals surface area contributed by atoms with Crippen molar-refractivity contribution in [2.75, 3.05) is 31.6 Å². The number of thiophene rings is 1. The number of anilines is 1. The predicted octanol–water partition coefficient (Wildman–Crippen LogP) is 3.23. The largest absolute Gasteiger partial charge is 0.462 e. The van der Waals surface area contributed by atoms with Crippen molar-refractivity contribution in [2.24, 2.45) is 0 Å². The summed E-state index contributed by atoms with van der Waals surface area (Å²) in [6, 6.07) is 0. The van der Waals surface area contributed by atoms with Gasteiger partial charge >= 0.3 is 5.97 Å². The van der Waals surface area contributed by atoms with Gasteiger partial charge in [0, 0.05) is 4.88 Å². The van der Waals surface area contributed by atoms with Crippen molar-refractivity contribution in [3.8, 4) is 0 Å². The van der Waals surface area contributed by atoms with Crippen molar-refractivity contribution in [1.82, 2.24) is 4.90 Å². The van der Waals surface area contributed by atoms with Crippen LogP contribution in [0, 0.1) is 0 Å². The third kappa shape index (κ3) is 3.98. The average molecular weight is 350 g/mol. The molecule has 0 spiro atoms. The van der Waals surface area contributed by atoms with Crippen LogP contribution in [0.15, 0.2) is 0 Å². The minimum atomic E-state index is -0.298. The van der Waals surface area contributed by atoms with Crippen LogP contribution >= 0.6 is 11.3 Å². The Morgan fingerprint density at radius 1 is 1.12 bits per heavy atom. The molecule has 5 nitrogen and oxygen atoms in total. The molecule has 1 N–H and O–H groups in total. The number of carbonyl (C=O) groups is 2. The van der Waals surface area contributed by atoms with Crippen LogP contribution in [0.5, 0.6) is 0 Å². The number of ether oxygens (including phenoxy) is 1. The molecule has 0 aromatic carbocycles. The summed E-state index contributed by atoms with van der Waals surface area (Å²) < 4.78 is 5.25. The molecule has 2 aliphatic rings. The molecule has 0 saturated carbocycles. The van der Waals surface area contributed by atoms with Gasteiger partial charge in [-0.1, -0.05) is 6.42 Å². The number of carbonyl (C=O) groups excluding carboxylic acids is 2. The van der Waals surface area contributed by atoms with Crippen LogP contribution < -0.4 is 5.32 Å². The number of amides is 1. The lowest BCUT2D eigenvalue weighted by Crippen LogP contribution is -2.31. The van der Waals surface area contributed by atoms with Gasteiger partial charge in [-0.25, -0.2) is 4.79 Å². The van der Waals surface area contributed by atoms with E-state index < -0.39 is 0 Å². The summed E-state index contributed by atoms with van der Waals surface area (Å²) >= 11 is 1.56. The Balaban J connectivity index is 1.80. The Bertz CT molecular complexity index is 606. The van der Waals surface area contributed by atoms with Gasteiger partial charge in [0.2, 0.25) is 5.91 Å². The highest BCUT2D eigenvalue weighted by Gasteiger charge is 2.27. The number of aryl methyl sites for hydroxylation is 1. The summed E-state index contributed by atoms with van der Waals surface area (Å²) in [6.07, 6.45) is 7.66. The molecule has 0 bridgehead atoms. The SMILES string of the molecule is CCOC(=O)c1c(NC(=O)CN2CCCC2)sc2c1CCCCC2. The number of likely N-dealkylation sites (tertiary alicyclic amines) is 1. The van der Waals surface area contributed by atoms with Crippen LogP contribution in [0.4, 0.5) is 5.00 Å². The van der Waals surface area contributed by atoms with E-state index in [1.165, 1.54) is 11.3 Å². The summed E-state index contributed by atoms with van der Waals surface area (Å²) in [6.45, 7) is 4.54. The number of hydrogen-bond donors (Lipinski definition) is 1. The van der Waals surface area contributed by atoms with Crippen molar-refractivity contribution in [3.63, 3.8) is 0 Å². The van der Waals surface area contributed by atoms with Crippen molar-refractivity contribution in [1.29, 1.82) is 0 Å². The molecular formula is C18H26N2O3S. The zero-order valence-electron chi connectivity index (χ0n) is 14.4. The fourth-order valence-corrected chi connectivity index (χ4v) is 4.85. The Labute approximate surface area is 147 Å². The van der Waals surface area contributed by atoms with E-state index in [4.69, 9.17) is 4.74 Å². The zero-order valence-corrected chi connectivity index (χ0v) is 15.2. The maximum absolute atomic E-state index is 12.5. The molecule has 1 aromatic heterocycles. The van der Waals surface area contributed by atoms with E-state index in [9.17, 15) is 9.59 Å². The second-order valence-electron chi connectivity index (χ2n) is 6.52. The first-order chi connectivity index (χ1) is 11.7. The molecular weight excluding hydrogens is 324 g/mol. The van der Waals surface area contributed by atoms with Gasteiger partial charge < -0.3 is 10.1 Å². The third-order valence-corrected chi connectivity index (χ3v) is 5.93. The standard InChI is InChI=1S/C18H26N2O3S/c1-2-23-18(22)16-13-8-4-3-5-9-14(13)24-17(16)19-15(21)12-20-10-6-7-11-20/h2-12H2,1H3,(H,19,21). The molecule has 1 aromatic rings. The lowest BCUT2D eigenvalue weighted by atomic mass is 10.1. The van der Waals surface area contributed by atoms with Crippen molar-refractivity contribution in [2.45, 2.75) is 51.9 Å². The smallest absolute Gasteiger partial charge is 0.341 e. The quantitative estimate of drug-likeness (QED) is 0.654. The number of hydrogen-bond acceptors (Lipinski definition) is 5. The molecule has 1 saturated heterocycles. The Morgan fingerprint density at radius 3 is 2.62 bits per heavy atom. The van der Waals surface area contributed by atoms with Gasteiger partial charge in [0.1, 0.15) is 5.00 Å². The van der Waals surface area contributed by atoms with E-state index in [2.05, 4.69) is 10.2 Å². The second kappa shape index (κ2) is 8.12.